The first kappa shape index (κ1) is 14.9. The summed E-state index contributed by atoms with van der Waals surface area (Å²) in [4.78, 5) is 12.0. The van der Waals surface area contributed by atoms with Gasteiger partial charge in [0.05, 0.1) is 6.42 Å². The van der Waals surface area contributed by atoms with Crippen molar-refractivity contribution in [1.29, 1.82) is 0 Å². The van der Waals surface area contributed by atoms with E-state index in [-0.39, 0.29) is 18.2 Å². The van der Waals surface area contributed by atoms with Crippen LogP contribution in [0.2, 0.25) is 5.02 Å². The molecule has 5 nitrogen and oxygen atoms in total. The molecule has 6 heteroatoms. The number of nitrogens with one attached hydrogen (secondary N) is 1. The molecular formula is C15H14ClN3O2. The summed E-state index contributed by atoms with van der Waals surface area (Å²) in [6.45, 7) is 0. The number of halogens is 1. The molecule has 108 valence electrons. The maximum absolute atomic E-state index is 12.0. The average molecular weight is 304 g/mol. The minimum Gasteiger partial charge on any atom is -0.409 e. The molecule has 2 aromatic carbocycles. The van der Waals surface area contributed by atoms with Crippen LogP contribution in [0.15, 0.2) is 53.7 Å². The number of hydrogen-bond donors (Lipinski definition) is 3. The Bertz CT molecular complexity index is 686. The summed E-state index contributed by atoms with van der Waals surface area (Å²) in [5, 5.41) is 14.9. The first-order valence-electron chi connectivity index (χ1n) is 6.21. The van der Waals surface area contributed by atoms with Crippen molar-refractivity contribution >= 4 is 29.0 Å². The lowest BCUT2D eigenvalue weighted by atomic mass is 10.1. The van der Waals surface area contributed by atoms with E-state index in [1.165, 1.54) is 0 Å². The van der Waals surface area contributed by atoms with Gasteiger partial charge in [-0.2, -0.15) is 0 Å². The lowest BCUT2D eigenvalue weighted by Crippen LogP contribution is -2.16. The van der Waals surface area contributed by atoms with Gasteiger partial charge in [-0.05, 0) is 23.8 Å². The summed E-state index contributed by atoms with van der Waals surface area (Å²) in [5.74, 6) is -0.211. The molecular weight excluding hydrogens is 290 g/mol. The van der Waals surface area contributed by atoms with Crippen LogP contribution in [0.25, 0.3) is 0 Å². The molecule has 0 fully saturated rings. The summed E-state index contributed by atoms with van der Waals surface area (Å²) < 4.78 is 0. The SMILES string of the molecule is N/C(=N/O)c1cccc(NC(=O)Cc2ccccc2Cl)c1. The second-order valence-corrected chi connectivity index (χ2v) is 4.79. The van der Waals surface area contributed by atoms with Gasteiger partial charge in [0.2, 0.25) is 5.91 Å². The zero-order chi connectivity index (χ0) is 15.2. The molecule has 0 bridgehead atoms. The molecule has 4 N–H and O–H groups in total. The molecule has 2 aromatic rings. The summed E-state index contributed by atoms with van der Waals surface area (Å²) in [6, 6.07) is 13.9. The van der Waals surface area contributed by atoms with E-state index in [2.05, 4.69) is 10.5 Å². The molecule has 0 spiro atoms. The van der Waals surface area contributed by atoms with Crippen LogP contribution >= 0.6 is 11.6 Å². The van der Waals surface area contributed by atoms with Crippen molar-refractivity contribution in [3.63, 3.8) is 0 Å². The maximum atomic E-state index is 12.0. The Labute approximate surface area is 127 Å². The molecule has 0 aromatic heterocycles. The fourth-order valence-corrected chi connectivity index (χ4v) is 2.04. The normalized spacial score (nSPS) is 11.2. The van der Waals surface area contributed by atoms with Crippen molar-refractivity contribution in [3.05, 3.63) is 64.7 Å². The number of amides is 1. The molecule has 0 saturated heterocycles. The molecule has 0 aliphatic carbocycles. The quantitative estimate of drug-likeness (QED) is 0.351. The van der Waals surface area contributed by atoms with Crippen LogP contribution in [0, 0.1) is 0 Å². The summed E-state index contributed by atoms with van der Waals surface area (Å²) in [5.41, 5.74) is 7.35. The zero-order valence-electron chi connectivity index (χ0n) is 11.1. The van der Waals surface area contributed by atoms with Gasteiger partial charge in [0.25, 0.3) is 0 Å². The monoisotopic (exact) mass is 303 g/mol. The van der Waals surface area contributed by atoms with Crippen molar-refractivity contribution < 1.29 is 10.0 Å². The number of amidine groups is 1. The standard InChI is InChI=1S/C15H14ClN3O2/c16-13-7-2-1-4-10(13)9-14(20)18-12-6-3-5-11(8-12)15(17)19-21/h1-8,21H,9H2,(H2,17,19)(H,18,20). The largest absolute Gasteiger partial charge is 0.409 e. The number of nitrogens with two attached hydrogens (primary N) is 1. The highest BCUT2D eigenvalue weighted by atomic mass is 35.5. The third-order valence-corrected chi connectivity index (χ3v) is 3.23. The number of oxime groups is 1. The highest BCUT2D eigenvalue weighted by Crippen LogP contribution is 2.16. The van der Waals surface area contributed by atoms with Gasteiger partial charge in [-0.1, -0.05) is 47.1 Å². The first-order chi connectivity index (χ1) is 10.1. The third kappa shape index (κ3) is 3.97. The maximum Gasteiger partial charge on any atom is 0.228 e. The zero-order valence-corrected chi connectivity index (χ0v) is 11.8. The Hall–Kier alpha value is -2.53. The Morgan fingerprint density at radius 1 is 1.24 bits per heavy atom. The van der Waals surface area contributed by atoms with Crippen LogP contribution in [0.3, 0.4) is 0 Å². The molecule has 0 radical (unpaired) electrons. The van der Waals surface area contributed by atoms with Crippen LogP contribution in [0.5, 0.6) is 0 Å². The van der Waals surface area contributed by atoms with Gasteiger partial charge in [-0.3, -0.25) is 4.79 Å². The van der Waals surface area contributed by atoms with Crippen molar-refractivity contribution in [2.45, 2.75) is 6.42 Å². The van der Waals surface area contributed by atoms with Gasteiger partial charge < -0.3 is 16.3 Å². The summed E-state index contributed by atoms with van der Waals surface area (Å²) in [6.07, 6.45) is 0.174. The molecule has 0 unspecified atom stereocenters. The third-order valence-electron chi connectivity index (χ3n) is 2.86. The van der Waals surface area contributed by atoms with Crippen molar-refractivity contribution in [2.24, 2.45) is 10.9 Å². The van der Waals surface area contributed by atoms with E-state index < -0.39 is 0 Å². The van der Waals surface area contributed by atoms with Gasteiger partial charge in [0.15, 0.2) is 5.84 Å². The minimum absolute atomic E-state index is 0.0165. The lowest BCUT2D eigenvalue weighted by Gasteiger charge is -2.08. The Morgan fingerprint density at radius 3 is 2.71 bits per heavy atom. The predicted octanol–water partition coefficient (Wildman–Crippen LogP) is 2.62. The topological polar surface area (TPSA) is 87.7 Å². The van der Waals surface area contributed by atoms with Gasteiger partial charge >= 0.3 is 0 Å². The molecule has 0 aliphatic rings. The van der Waals surface area contributed by atoms with Crippen LogP contribution in [-0.4, -0.2) is 17.0 Å². The van der Waals surface area contributed by atoms with E-state index >= 15 is 0 Å². The van der Waals surface area contributed by atoms with Gasteiger partial charge in [-0.15, -0.1) is 0 Å². The molecule has 0 aliphatic heterocycles. The van der Waals surface area contributed by atoms with Gasteiger partial charge in [-0.25, -0.2) is 0 Å². The minimum atomic E-state index is -0.195. The molecule has 2 rings (SSSR count). The molecule has 0 atom stereocenters. The molecule has 21 heavy (non-hydrogen) atoms. The fourth-order valence-electron chi connectivity index (χ4n) is 1.83. The van der Waals surface area contributed by atoms with E-state index in [4.69, 9.17) is 22.5 Å². The fraction of sp³-hybridized carbons (Fsp3) is 0.0667. The van der Waals surface area contributed by atoms with E-state index in [9.17, 15) is 4.79 Å². The molecule has 0 saturated carbocycles. The smallest absolute Gasteiger partial charge is 0.228 e. The van der Waals surface area contributed by atoms with Crippen LogP contribution in [0.1, 0.15) is 11.1 Å². The number of carbonyl (C=O) groups is 1. The van der Waals surface area contributed by atoms with Gasteiger partial charge in [0, 0.05) is 16.3 Å². The van der Waals surface area contributed by atoms with E-state index in [0.29, 0.717) is 16.3 Å². The van der Waals surface area contributed by atoms with Crippen molar-refractivity contribution in [2.75, 3.05) is 5.32 Å². The second kappa shape index (κ2) is 6.76. The van der Waals surface area contributed by atoms with Gasteiger partial charge in [0.1, 0.15) is 0 Å². The van der Waals surface area contributed by atoms with Crippen LogP contribution < -0.4 is 11.1 Å². The van der Waals surface area contributed by atoms with E-state index in [1.54, 1.807) is 36.4 Å². The number of rotatable bonds is 4. The van der Waals surface area contributed by atoms with Crippen molar-refractivity contribution in [1.82, 2.24) is 0 Å². The average Bonchev–Trinajstić information content (AvgIpc) is 2.49. The molecule has 1 amide bonds. The summed E-state index contributed by atoms with van der Waals surface area (Å²) >= 11 is 6.02. The van der Waals surface area contributed by atoms with E-state index in [1.807, 2.05) is 12.1 Å². The van der Waals surface area contributed by atoms with Crippen molar-refractivity contribution in [3.8, 4) is 0 Å². The Balaban J connectivity index is 2.08. The number of benzene rings is 2. The van der Waals surface area contributed by atoms with E-state index in [0.717, 1.165) is 5.56 Å². The number of nitrogens with zero attached hydrogens (tertiary/aromatic N) is 1. The number of anilines is 1. The Kier molecular flexibility index (Phi) is 4.79. The Morgan fingerprint density at radius 2 is 2.00 bits per heavy atom. The summed E-state index contributed by atoms with van der Waals surface area (Å²) in [7, 11) is 0. The molecule has 0 heterocycles. The van der Waals surface area contributed by atoms with Crippen LogP contribution in [0.4, 0.5) is 5.69 Å². The van der Waals surface area contributed by atoms with Crippen LogP contribution in [-0.2, 0) is 11.2 Å². The predicted molar refractivity (Wildman–Crippen MR) is 82.7 cm³/mol. The first-order valence-corrected chi connectivity index (χ1v) is 6.59. The lowest BCUT2D eigenvalue weighted by molar-refractivity contribution is -0.115. The second-order valence-electron chi connectivity index (χ2n) is 4.38. The number of hydrogen-bond acceptors (Lipinski definition) is 3. The highest BCUT2D eigenvalue weighted by molar-refractivity contribution is 6.31. The number of carbonyl (C=O) groups excluding carboxylic acids is 1. The highest BCUT2D eigenvalue weighted by Gasteiger charge is 2.08.